The van der Waals surface area contributed by atoms with Crippen LogP contribution in [-0.2, 0) is 16.6 Å². The fourth-order valence-corrected chi connectivity index (χ4v) is 3.35. The molecule has 2 unspecified atom stereocenters. The Balaban J connectivity index is 1.98. The number of piperidine rings is 1. The number of hydrogen-bond acceptors (Lipinski definition) is 5. The van der Waals surface area contributed by atoms with Crippen LogP contribution in [0.2, 0.25) is 0 Å². The van der Waals surface area contributed by atoms with Gasteiger partial charge in [-0.25, -0.2) is 0 Å². The standard InChI is InChI=1S/C18H32N6O2/c1-6-26-17(25)14-8-7-9-24(13-14)18(19-2)20-11-16(22(3)4)15-10-21-23(5)12-15/h10,12,14,16H,6-9,11,13H2,1-5H3,(H,19,20). The van der Waals surface area contributed by atoms with E-state index in [2.05, 4.69) is 39.3 Å². The van der Waals surface area contributed by atoms with E-state index in [0.29, 0.717) is 19.7 Å². The molecule has 2 heterocycles. The third kappa shape index (κ3) is 5.20. The second kappa shape index (κ2) is 9.56. The monoisotopic (exact) mass is 364 g/mol. The van der Waals surface area contributed by atoms with Gasteiger partial charge in [0.25, 0.3) is 0 Å². The maximum Gasteiger partial charge on any atom is 0.310 e. The van der Waals surface area contributed by atoms with Crippen LogP contribution in [0.1, 0.15) is 31.4 Å². The van der Waals surface area contributed by atoms with Gasteiger partial charge in [-0.3, -0.25) is 14.5 Å². The molecule has 1 saturated heterocycles. The van der Waals surface area contributed by atoms with Gasteiger partial charge >= 0.3 is 5.97 Å². The summed E-state index contributed by atoms with van der Waals surface area (Å²) in [5.41, 5.74) is 1.16. The van der Waals surface area contributed by atoms with Crippen molar-refractivity contribution >= 4 is 11.9 Å². The third-order valence-corrected chi connectivity index (χ3v) is 4.74. The fourth-order valence-electron chi connectivity index (χ4n) is 3.35. The zero-order valence-corrected chi connectivity index (χ0v) is 16.6. The molecule has 0 aliphatic carbocycles. The maximum atomic E-state index is 12.1. The molecule has 146 valence electrons. The quantitative estimate of drug-likeness (QED) is 0.459. The minimum atomic E-state index is -0.103. The second-order valence-electron chi connectivity index (χ2n) is 6.89. The van der Waals surface area contributed by atoms with Crippen molar-refractivity contribution < 1.29 is 9.53 Å². The van der Waals surface area contributed by atoms with Crippen LogP contribution >= 0.6 is 0 Å². The SMILES string of the molecule is CCOC(=O)C1CCCN(C(=NC)NCC(c2cnn(C)c2)N(C)C)C1. The van der Waals surface area contributed by atoms with E-state index in [-0.39, 0.29) is 17.9 Å². The van der Waals surface area contributed by atoms with Crippen LogP contribution in [0.5, 0.6) is 0 Å². The molecule has 8 heteroatoms. The number of aliphatic imine (C=N–C) groups is 1. The first-order chi connectivity index (χ1) is 12.5. The highest BCUT2D eigenvalue weighted by atomic mass is 16.5. The average Bonchev–Trinajstić information content (AvgIpc) is 3.04. The van der Waals surface area contributed by atoms with E-state index in [0.717, 1.165) is 30.9 Å². The first kappa shape index (κ1) is 20.2. The molecular weight excluding hydrogens is 332 g/mol. The molecule has 1 N–H and O–H groups in total. The number of hydrogen-bond donors (Lipinski definition) is 1. The Morgan fingerprint density at radius 1 is 1.54 bits per heavy atom. The van der Waals surface area contributed by atoms with Crippen LogP contribution < -0.4 is 5.32 Å². The van der Waals surface area contributed by atoms with Crippen LogP contribution in [0.4, 0.5) is 0 Å². The molecule has 1 aliphatic rings. The van der Waals surface area contributed by atoms with Crippen molar-refractivity contribution in [2.45, 2.75) is 25.8 Å². The summed E-state index contributed by atoms with van der Waals surface area (Å²) in [5, 5.41) is 7.74. The molecule has 0 spiro atoms. The normalized spacial score (nSPS) is 19.5. The smallest absolute Gasteiger partial charge is 0.310 e. The number of likely N-dealkylation sites (N-methyl/N-ethyl adjacent to an activating group) is 1. The van der Waals surface area contributed by atoms with Gasteiger partial charge in [-0.15, -0.1) is 0 Å². The molecule has 2 atom stereocenters. The van der Waals surface area contributed by atoms with E-state index in [4.69, 9.17) is 4.74 Å². The zero-order valence-electron chi connectivity index (χ0n) is 16.6. The van der Waals surface area contributed by atoms with E-state index in [1.807, 2.05) is 31.0 Å². The Morgan fingerprint density at radius 2 is 2.31 bits per heavy atom. The predicted octanol–water partition coefficient (Wildman–Crippen LogP) is 0.873. The van der Waals surface area contributed by atoms with Crippen molar-refractivity contribution in [1.29, 1.82) is 0 Å². The third-order valence-electron chi connectivity index (χ3n) is 4.74. The van der Waals surface area contributed by atoms with Crippen LogP contribution in [0.3, 0.4) is 0 Å². The van der Waals surface area contributed by atoms with Gasteiger partial charge in [0.05, 0.1) is 24.8 Å². The van der Waals surface area contributed by atoms with Crippen LogP contribution in [0.15, 0.2) is 17.4 Å². The van der Waals surface area contributed by atoms with Gasteiger partial charge in [0, 0.05) is 45.5 Å². The molecule has 0 amide bonds. The van der Waals surface area contributed by atoms with Crippen molar-refractivity contribution in [3.05, 3.63) is 18.0 Å². The summed E-state index contributed by atoms with van der Waals surface area (Å²) in [6.45, 7) is 4.54. The van der Waals surface area contributed by atoms with Gasteiger partial charge in [-0.1, -0.05) is 0 Å². The predicted molar refractivity (Wildman–Crippen MR) is 102 cm³/mol. The summed E-state index contributed by atoms with van der Waals surface area (Å²) < 4.78 is 7.01. The molecule has 1 aromatic rings. The molecule has 1 aliphatic heterocycles. The lowest BCUT2D eigenvalue weighted by atomic mass is 9.98. The summed E-state index contributed by atoms with van der Waals surface area (Å²) in [4.78, 5) is 20.8. The topological polar surface area (TPSA) is 75.0 Å². The number of esters is 1. The van der Waals surface area contributed by atoms with Crippen molar-refractivity contribution in [2.24, 2.45) is 18.0 Å². The molecule has 0 saturated carbocycles. The summed E-state index contributed by atoms with van der Waals surface area (Å²) in [6.07, 6.45) is 5.77. The minimum Gasteiger partial charge on any atom is -0.466 e. The summed E-state index contributed by atoms with van der Waals surface area (Å²) in [6, 6.07) is 0.186. The lowest BCUT2D eigenvalue weighted by Crippen LogP contribution is -2.49. The highest BCUT2D eigenvalue weighted by Gasteiger charge is 2.28. The van der Waals surface area contributed by atoms with Crippen LogP contribution in [0, 0.1) is 5.92 Å². The lowest BCUT2D eigenvalue weighted by molar-refractivity contribution is -0.149. The Bertz CT molecular complexity index is 613. The van der Waals surface area contributed by atoms with Crippen LogP contribution in [0.25, 0.3) is 0 Å². The number of carbonyl (C=O) groups is 1. The van der Waals surface area contributed by atoms with E-state index >= 15 is 0 Å². The number of aryl methyl sites for hydroxylation is 1. The molecule has 2 rings (SSSR count). The largest absolute Gasteiger partial charge is 0.466 e. The molecular formula is C18H32N6O2. The first-order valence-corrected chi connectivity index (χ1v) is 9.23. The number of nitrogens with zero attached hydrogens (tertiary/aromatic N) is 5. The molecule has 8 nitrogen and oxygen atoms in total. The molecule has 0 aromatic carbocycles. The fraction of sp³-hybridized carbons (Fsp3) is 0.722. The van der Waals surface area contributed by atoms with Gasteiger partial charge < -0.3 is 19.9 Å². The number of likely N-dealkylation sites (tertiary alicyclic amines) is 1. The molecule has 1 aromatic heterocycles. The van der Waals surface area contributed by atoms with E-state index < -0.39 is 0 Å². The van der Waals surface area contributed by atoms with Crippen molar-refractivity contribution in [1.82, 2.24) is 24.9 Å². The molecule has 0 radical (unpaired) electrons. The Hall–Kier alpha value is -2.09. The zero-order chi connectivity index (χ0) is 19.1. The van der Waals surface area contributed by atoms with Gasteiger partial charge in [0.2, 0.25) is 0 Å². The number of rotatable bonds is 6. The summed E-state index contributed by atoms with van der Waals surface area (Å²) >= 11 is 0. The summed E-state index contributed by atoms with van der Waals surface area (Å²) in [7, 11) is 7.82. The van der Waals surface area contributed by atoms with E-state index in [9.17, 15) is 4.79 Å². The van der Waals surface area contributed by atoms with E-state index in [1.165, 1.54) is 0 Å². The first-order valence-electron chi connectivity index (χ1n) is 9.23. The maximum absolute atomic E-state index is 12.1. The Morgan fingerprint density at radius 3 is 2.88 bits per heavy atom. The van der Waals surface area contributed by atoms with E-state index in [1.54, 1.807) is 7.05 Å². The number of aromatic nitrogens is 2. The van der Waals surface area contributed by atoms with Crippen molar-refractivity contribution in [3.8, 4) is 0 Å². The minimum absolute atomic E-state index is 0.0785. The average molecular weight is 364 g/mol. The van der Waals surface area contributed by atoms with Crippen molar-refractivity contribution in [2.75, 3.05) is 47.4 Å². The molecule has 1 fully saturated rings. The Labute approximate surface area is 156 Å². The van der Waals surface area contributed by atoms with Gasteiger partial charge in [0.1, 0.15) is 0 Å². The highest BCUT2D eigenvalue weighted by molar-refractivity contribution is 5.81. The summed E-state index contributed by atoms with van der Waals surface area (Å²) in [5.74, 6) is 0.647. The van der Waals surface area contributed by atoms with Crippen LogP contribution in [-0.4, -0.2) is 78.9 Å². The molecule has 26 heavy (non-hydrogen) atoms. The number of ether oxygens (including phenoxy) is 1. The second-order valence-corrected chi connectivity index (χ2v) is 6.89. The van der Waals surface area contributed by atoms with Crippen molar-refractivity contribution in [3.63, 3.8) is 0 Å². The van der Waals surface area contributed by atoms with Gasteiger partial charge in [-0.05, 0) is 33.9 Å². The van der Waals surface area contributed by atoms with Gasteiger partial charge in [0.15, 0.2) is 5.96 Å². The van der Waals surface area contributed by atoms with Gasteiger partial charge in [-0.2, -0.15) is 5.10 Å². The number of nitrogens with one attached hydrogen (secondary N) is 1. The number of carbonyl (C=O) groups excluding carboxylic acids is 1. The lowest BCUT2D eigenvalue weighted by Gasteiger charge is -2.35. The highest BCUT2D eigenvalue weighted by Crippen LogP contribution is 2.19. The molecule has 0 bridgehead atoms. The Kier molecular flexibility index (Phi) is 7.44. The number of guanidine groups is 1.